The number of fused-ring (bicyclic) bond motifs is 1. The largest absolute Gasteiger partial charge is 0.508 e. The Labute approximate surface area is 160 Å². The van der Waals surface area contributed by atoms with Gasteiger partial charge in [-0.1, -0.05) is 18.2 Å². The maximum atomic E-state index is 12.6. The van der Waals surface area contributed by atoms with Gasteiger partial charge in [0.25, 0.3) is 5.91 Å². The summed E-state index contributed by atoms with van der Waals surface area (Å²) in [6, 6.07) is 11.6. The number of carbonyl (C=O) groups is 1. The fourth-order valence-corrected chi connectivity index (χ4v) is 4.27. The zero-order valence-electron chi connectivity index (χ0n) is 15.7. The van der Waals surface area contributed by atoms with Crippen molar-refractivity contribution in [3.8, 4) is 5.75 Å². The first-order chi connectivity index (χ1) is 13.2. The van der Waals surface area contributed by atoms with Crippen LogP contribution in [0.25, 0.3) is 0 Å². The summed E-state index contributed by atoms with van der Waals surface area (Å²) >= 11 is 0. The molecule has 2 aliphatic rings. The molecule has 0 spiro atoms. The number of aromatic hydroxyl groups is 1. The smallest absolute Gasteiger partial charge is 0.251 e. The molecule has 2 N–H and O–H groups in total. The third kappa shape index (κ3) is 4.01. The molecule has 1 amide bonds. The van der Waals surface area contributed by atoms with Crippen LogP contribution in [-0.4, -0.2) is 24.2 Å². The summed E-state index contributed by atoms with van der Waals surface area (Å²) < 4.78 is 5.56. The molecule has 1 unspecified atom stereocenters. The van der Waals surface area contributed by atoms with Crippen LogP contribution in [0.3, 0.4) is 0 Å². The molecule has 2 aromatic rings. The highest BCUT2D eigenvalue weighted by Crippen LogP contribution is 2.30. The van der Waals surface area contributed by atoms with E-state index in [9.17, 15) is 9.90 Å². The normalized spacial score (nSPS) is 19.3. The van der Waals surface area contributed by atoms with E-state index in [0.717, 1.165) is 50.9 Å². The van der Waals surface area contributed by atoms with Crippen LogP contribution >= 0.6 is 0 Å². The Morgan fingerprint density at radius 1 is 1.07 bits per heavy atom. The highest BCUT2D eigenvalue weighted by molar-refractivity contribution is 5.94. The van der Waals surface area contributed by atoms with Crippen molar-refractivity contribution in [3.05, 3.63) is 64.2 Å². The van der Waals surface area contributed by atoms with Gasteiger partial charge < -0.3 is 15.2 Å². The van der Waals surface area contributed by atoms with Gasteiger partial charge in [0.15, 0.2) is 0 Å². The van der Waals surface area contributed by atoms with Crippen molar-refractivity contribution in [3.63, 3.8) is 0 Å². The highest BCUT2D eigenvalue weighted by Gasteiger charge is 2.18. The van der Waals surface area contributed by atoms with E-state index < -0.39 is 0 Å². The Kier molecular flexibility index (Phi) is 5.44. The molecule has 27 heavy (non-hydrogen) atoms. The third-order valence-electron chi connectivity index (χ3n) is 5.86. The molecule has 1 aliphatic heterocycles. The zero-order chi connectivity index (χ0) is 18.6. The molecule has 142 valence electrons. The van der Waals surface area contributed by atoms with Crippen LogP contribution in [0.15, 0.2) is 36.4 Å². The fourth-order valence-electron chi connectivity index (χ4n) is 4.27. The first-order valence-electron chi connectivity index (χ1n) is 10.0. The SMILES string of the molecule is O=C(NCc1c(O)ccc2c1CCCC2)c1ccc(C2CCCOC2)cc1. The molecule has 0 bridgehead atoms. The van der Waals surface area contributed by atoms with Crippen molar-refractivity contribution >= 4 is 5.91 Å². The molecule has 0 saturated carbocycles. The number of aryl methyl sites for hydroxylation is 1. The van der Waals surface area contributed by atoms with Crippen LogP contribution in [-0.2, 0) is 24.1 Å². The van der Waals surface area contributed by atoms with Crippen molar-refractivity contribution in [1.82, 2.24) is 5.32 Å². The topological polar surface area (TPSA) is 58.6 Å². The number of hydrogen-bond donors (Lipinski definition) is 2. The van der Waals surface area contributed by atoms with Gasteiger partial charge in [-0.2, -0.15) is 0 Å². The molecule has 1 fully saturated rings. The van der Waals surface area contributed by atoms with Gasteiger partial charge >= 0.3 is 0 Å². The second-order valence-electron chi connectivity index (χ2n) is 7.63. The predicted octanol–water partition coefficient (Wildman–Crippen LogP) is 4.10. The Hall–Kier alpha value is -2.33. The summed E-state index contributed by atoms with van der Waals surface area (Å²) in [5, 5.41) is 13.2. The van der Waals surface area contributed by atoms with E-state index in [4.69, 9.17) is 4.74 Å². The van der Waals surface area contributed by atoms with Crippen LogP contribution in [0.1, 0.15) is 64.2 Å². The lowest BCUT2D eigenvalue weighted by Crippen LogP contribution is -2.24. The van der Waals surface area contributed by atoms with Crippen molar-refractivity contribution in [2.24, 2.45) is 0 Å². The van der Waals surface area contributed by atoms with Gasteiger partial charge in [0.2, 0.25) is 0 Å². The van der Waals surface area contributed by atoms with Crippen LogP contribution in [0.5, 0.6) is 5.75 Å². The van der Waals surface area contributed by atoms with E-state index in [-0.39, 0.29) is 11.7 Å². The number of hydrogen-bond acceptors (Lipinski definition) is 3. The third-order valence-corrected chi connectivity index (χ3v) is 5.86. The highest BCUT2D eigenvalue weighted by atomic mass is 16.5. The number of ether oxygens (including phenoxy) is 1. The summed E-state index contributed by atoms with van der Waals surface area (Å²) in [4.78, 5) is 12.6. The molecule has 0 radical (unpaired) electrons. The molecular formula is C23H27NO3. The molecule has 2 aromatic carbocycles. The van der Waals surface area contributed by atoms with E-state index >= 15 is 0 Å². The summed E-state index contributed by atoms with van der Waals surface area (Å²) in [6.45, 7) is 1.99. The molecule has 4 heteroatoms. The van der Waals surface area contributed by atoms with Crippen LogP contribution in [0, 0.1) is 0 Å². The summed E-state index contributed by atoms with van der Waals surface area (Å²) in [5.41, 5.74) is 5.29. The Morgan fingerprint density at radius 3 is 2.67 bits per heavy atom. The van der Waals surface area contributed by atoms with E-state index in [2.05, 4.69) is 5.32 Å². The first kappa shape index (κ1) is 18.1. The lowest BCUT2D eigenvalue weighted by atomic mass is 9.87. The van der Waals surface area contributed by atoms with E-state index in [1.807, 2.05) is 30.3 Å². The van der Waals surface area contributed by atoms with Crippen LogP contribution in [0.4, 0.5) is 0 Å². The van der Waals surface area contributed by atoms with Gasteiger partial charge in [0.1, 0.15) is 5.75 Å². The van der Waals surface area contributed by atoms with Crippen LogP contribution < -0.4 is 5.32 Å². The number of amides is 1. The van der Waals surface area contributed by atoms with E-state index in [0.29, 0.717) is 18.0 Å². The molecule has 1 aliphatic carbocycles. The molecule has 4 rings (SSSR count). The van der Waals surface area contributed by atoms with E-state index in [1.54, 1.807) is 6.07 Å². The molecular weight excluding hydrogens is 338 g/mol. The number of phenolic OH excluding ortho intramolecular Hbond substituents is 1. The van der Waals surface area contributed by atoms with Gasteiger partial charge in [0, 0.05) is 30.2 Å². The van der Waals surface area contributed by atoms with Gasteiger partial charge in [0.05, 0.1) is 6.61 Å². The predicted molar refractivity (Wildman–Crippen MR) is 105 cm³/mol. The minimum absolute atomic E-state index is 0.103. The summed E-state index contributed by atoms with van der Waals surface area (Å²) in [5.74, 6) is 0.613. The van der Waals surface area contributed by atoms with E-state index in [1.165, 1.54) is 23.1 Å². The average molecular weight is 365 g/mol. The summed E-state index contributed by atoms with van der Waals surface area (Å²) in [7, 11) is 0. The zero-order valence-corrected chi connectivity index (χ0v) is 15.7. The molecule has 1 atom stereocenters. The standard InChI is InChI=1S/C23H27NO3/c25-22-12-11-17-4-1-2-6-20(17)21(22)14-24-23(26)18-9-7-16(8-10-18)19-5-3-13-27-15-19/h7-12,19,25H,1-6,13-15H2,(H,24,26). The average Bonchev–Trinajstić information content (AvgIpc) is 2.73. The Balaban J connectivity index is 1.42. The monoisotopic (exact) mass is 365 g/mol. The van der Waals surface area contributed by atoms with Gasteiger partial charge in [-0.15, -0.1) is 0 Å². The van der Waals surface area contributed by atoms with Crippen molar-refractivity contribution in [2.75, 3.05) is 13.2 Å². The van der Waals surface area contributed by atoms with Crippen molar-refractivity contribution in [1.29, 1.82) is 0 Å². The fraction of sp³-hybridized carbons (Fsp3) is 0.435. The minimum atomic E-state index is -0.103. The molecule has 1 heterocycles. The van der Waals surface area contributed by atoms with Gasteiger partial charge in [-0.25, -0.2) is 0 Å². The minimum Gasteiger partial charge on any atom is -0.508 e. The quantitative estimate of drug-likeness (QED) is 0.858. The number of phenols is 1. The maximum Gasteiger partial charge on any atom is 0.251 e. The number of benzene rings is 2. The Morgan fingerprint density at radius 2 is 1.89 bits per heavy atom. The Bertz CT molecular complexity index is 807. The number of nitrogens with one attached hydrogen (secondary N) is 1. The molecule has 0 aromatic heterocycles. The second kappa shape index (κ2) is 8.13. The lowest BCUT2D eigenvalue weighted by molar-refractivity contribution is 0.0804. The van der Waals surface area contributed by atoms with Crippen LogP contribution in [0.2, 0.25) is 0 Å². The number of carbonyl (C=O) groups excluding carboxylic acids is 1. The molecule has 1 saturated heterocycles. The van der Waals surface area contributed by atoms with Gasteiger partial charge in [-0.05, 0) is 73.4 Å². The summed E-state index contributed by atoms with van der Waals surface area (Å²) in [6.07, 6.45) is 6.61. The van der Waals surface area contributed by atoms with Crippen molar-refractivity contribution in [2.45, 2.75) is 51.0 Å². The number of rotatable bonds is 4. The lowest BCUT2D eigenvalue weighted by Gasteiger charge is -2.22. The first-order valence-corrected chi connectivity index (χ1v) is 10.0. The van der Waals surface area contributed by atoms with Crippen molar-refractivity contribution < 1.29 is 14.6 Å². The van der Waals surface area contributed by atoms with Gasteiger partial charge in [-0.3, -0.25) is 4.79 Å². The maximum absolute atomic E-state index is 12.6. The second-order valence-corrected chi connectivity index (χ2v) is 7.63. The molecule has 4 nitrogen and oxygen atoms in total.